The maximum atomic E-state index is 12.2. The average Bonchev–Trinajstić information content (AvgIpc) is 2.33. The normalized spacial score (nSPS) is 11.2. The number of amides is 2. The summed E-state index contributed by atoms with van der Waals surface area (Å²) in [5.41, 5.74) is 11.9. The van der Waals surface area contributed by atoms with Crippen molar-refractivity contribution in [3.05, 3.63) is 29.8 Å². The van der Waals surface area contributed by atoms with Gasteiger partial charge in [0.1, 0.15) is 6.61 Å². The molecule has 4 N–H and O–H groups in total. The molecule has 1 aromatic rings. The van der Waals surface area contributed by atoms with E-state index in [0.29, 0.717) is 5.69 Å². The predicted molar refractivity (Wildman–Crippen MR) is 81.2 cm³/mol. The Labute approximate surface area is 125 Å². The van der Waals surface area contributed by atoms with Crippen LogP contribution in [-0.2, 0) is 20.9 Å². The smallest absolute Gasteiger partial charge is 0.249 e. The zero-order valence-corrected chi connectivity index (χ0v) is 12.8. The minimum atomic E-state index is -0.567. The Hall–Kier alpha value is -2.08. The summed E-state index contributed by atoms with van der Waals surface area (Å²) in [7, 11) is 0. The van der Waals surface area contributed by atoms with Crippen molar-refractivity contribution >= 4 is 17.5 Å². The highest BCUT2D eigenvalue weighted by Gasteiger charge is 2.19. The first-order chi connectivity index (χ1) is 9.67. The van der Waals surface area contributed by atoms with Gasteiger partial charge in [0.2, 0.25) is 11.8 Å². The summed E-state index contributed by atoms with van der Waals surface area (Å²) >= 11 is 0. The number of primary amides is 1. The fourth-order valence-corrected chi connectivity index (χ4v) is 1.70. The van der Waals surface area contributed by atoms with Gasteiger partial charge in [-0.1, -0.05) is 12.1 Å². The molecule has 0 aliphatic rings. The number of benzene rings is 1. The maximum absolute atomic E-state index is 12.2. The van der Waals surface area contributed by atoms with E-state index in [1.807, 2.05) is 26.8 Å². The summed E-state index contributed by atoms with van der Waals surface area (Å²) in [6.45, 7) is 5.59. The predicted octanol–water partition coefficient (Wildman–Crippen LogP) is 0.898. The Morgan fingerprint density at radius 3 is 2.48 bits per heavy atom. The average molecular weight is 293 g/mol. The summed E-state index contributed by atoms with van der Waals surface area (Å²) in [5.74, 6) is -0.853. The van der Waals surface area contributed by atoms with Crippen molar-refractivity contribution in [1.29, 1.82) is 0 Å². The van der Waals surface area contributed by atoms with E-state index in [0.717, 1.165) is 5.56 Å². The van der Waals surface area contributed by atoms with Crippen LogP contribution in [0.1, 0.15) is 26.3 Å². The van der Waals surface area contributed by atoms with Crippen molar-refractivity contribution in [1.82, 2.24) is 4.90 Å². The third kappa shape index (κ3) is 6.76. The Balaban J connectivity index is 2.75. The molecule has 6 nitrogen and oxygen atoms in total. The lowest BCUT2D eigenvalue weighted by Gasteiger charge is -2.24. The van der Waals surface area contributed by atoms with Gasteiger partial charge >= 0.3 is 0 Å². The molecule has 0 aliphatic heterocycles. The van der Waals surface area contributed by atoms with Crippen LogP contribution in [0.4, 0.5) is 5.69 Å². The zero-order chi connectivity index (χ0) is 16.0. The molecule has 116 valence electrons. The molecule has 0 saturated heterocycles. The van der Waals surface area contributed by atoms with Gasteiger partial charge in [0.15, 0.2) is 0 Å². The Morgan fingerprint density at radius 2 is 1.95 bits per heavy atom. The second kappa shape index (κ2) is 7.08. The molecule has 0 atom stereocenters. The van der Waals surface area contributed by atoms with Gasteiger partial charge in [0.05, 0.1) is 12.1 Å². The molecule has 1 aromatic carbocycles. The molecule has 0 aliphatic carbocycles. The lowest BCUT2D eigenvalue weighted by molar-refractivity contribution is -0.144. The minimum Gasteiger partial charge on any atom is -0.399 e. The number of nitrogen functional groups attached to an aromatic ring is 1. The first-order valence-electron chi connectivity index (χ1n) is 6.72. The number of carbonyl (C=O) groups excluding carboxylic acids is 2. The number of carbonyl (C=O) groups is 2. The van der Waals surface area contributed by atoms with Gasteiger partial charge in [0, 0.05) is 12.2 Å². The van der Waals surface area contributed by atoms with E-state index in [4.69, 9.17) is 16.2 Å². The summed E-state index contributed by atoms with van der Waals surface area (Å²) in [5, 5.41) is 0. The van der Waals surface area contributed by atoms with E-state index in [1.54, 1.807) is 18.2 Å². The van der Waals surface area contributed by atoms with E-state index < -0.39 is 11.5 Å². The van der Waals surface area contributed by atoms with Gasteiger partial charge in [-0.15, -0.1) is 0 Å². The van der Waals surface area contributed by atoms with Crippen LogP contribution >= 0.6 is 0 Å². The molecule has 0 spiro atoms. The number of hydrogen-bond donors (Lipinski definition) is 2. The van der Waals surface area contributed by atoms with Crippen molar-refractivity contribution in [3.63, 3.8) is 0 Å². The number of ether oxygens (including phenoxy) is 1. The Morgan fingerprint density at radius 1 is 1.29 bits per heavy atom. The van der Waals surface area contributed by atoms with Crippen LogP contribution in [0.5, 0.6) is 0 Å². The van der Waals surface area contributed by atoms with Gasteiger partial charge in [0.25, 0.3) is 0 Å². The van der Waals surface area contributed by atoms with Crippen molar-refractivity contribution in [2.24, 2.45) is 5.73 Å². The minimum absolute atomic E-state index is 0.0981. The van der Waals surface area contributed by atoms with Crippen LogP contribution in [0, 0.1) is 0 Å². The molecule has 0 unspecified atom stereocenters. The summed E-state index contributed by atoms with van der Waals surface area (Å²) in [6, 6.07) is 7.14. The maximum Gasteiger partial charge on any atom is 0.249 e. The van der Waals surface area contributed by atoms with Crippen molar-refractivity contribution in [2.75, 3.05) is 18.9 Å². The van der Waals surface area contributed by atoms with Crippen LogP contribution in [0.15, 0.2) is 24.3 Å². The molecule has 0 fully saturated rings. The summed E-state index contributed by atoms with van der Waals surface area (Å²) in [6.07, 6.45) is 0. The Kier molecular flexibility index (Phi) is 5.72. The third-order valence-electron chi connectivity index (χ3n) is 2.65. The SMILES string of the molecule is CC(C)(C)OCC(=O)N(CC(N)=O)Cc1cccc(N)c1. The van der Waals surface area contributed by atoms with Crippen LogP contribution in [-0.4, -0.2) is 35.5 Å². The lowest BCUT2D eigenvalue weighted by Crippen LogP contribution is -2.41. The zero-order valence-electron chi connectivity index (χ0n) is 12.8. The van der Waals surface area contributed by atoms with E-state index in [9.17, 15) is 9.59 Å². The highest BCUT2D eigenvalue weighted by Crippen LogP contribution is 2.11. The molecule has 0 radical (unpaired) electrons. The first kappa shape index (κ1) is 17.0. The second-order valence-corrected chi connectivity index (χ2v) is 5.86. The number of nitrogens with zero attached hydrogens (tertiary/aromatic N) is 1. The van der Waals surface area contributed by atoms with Crippen LogP contribution in [0.25, 0.3) is 0 Å². The molecule has 1 rings (SSSR count). The number of nitrogens with two attached hydrogens (primary N) is 2. The highest BCUT2D eigenvalue weighted by molar-refractivity contribution is 5.84. The van der Waals surface area contributed by atoms with Gasteiger partial charge < -0.3 is 21.1 Å². The van der Waals surface area contributed by atoms with Gasteiger partial charge in [-0.3, -0.25) is 9.59 Å². The fraction of sp³-hybridized carbons (Fsp3) is 0.467. The molecule has 21 heavy (non-hydrogen) atoms. The highest BCUT2D eigenvalue weighted by atomic mass is 16.5. The van der Waals surface area contributed by atoms with E-state index in [-0.39, 0.29) is 25.6 Å². The number of hydrogen-bond acceptors (Lipinski definition) is 4. The van der Waals surface area contributed by atoms with Gasteiger partial charge in [-0.2, -0.15) is 0 Å². The summed E-state index contributed by atoms with van der Waals surface area (Å²) in [4.78, 5) is 24.7. The van der Waals surface area contributed by atoms with Crippen molar-refractivity contribution in [3.8, 4) is 0 Å². The fourth-order valence-electron chi connectivity index (χ4n) is 1.70. The third-order valence-corrected chi connectivity index (χ3v) is 2.65. The van der Waals surface area contributed by atoms with Crippen molar-refractivity contribution < 1.29 is 14.3 Å². The van der Waals surface area contributed by atoms with E-state index >= 15 is 0 Å². The molecule has 0 heterocycles. The van der Waals surface area contributed by atoms with Gasteiger partial charge in [-0.05, 0) is 38.5 Å². The first-order valence-corrected chi connectivity index (χ1v) is 6.72. The molecule has 0 saturated carbocycles. The monoisotopic (exact) mass is 293 g/mol. The topological polar surface area (TPSA) is 98.6 Å². The molecular formula is C15H23N3O3. The number of anilines is 1. The molecular weight excluding hydrogens is 270 g/mol. The Bertz CT molecular complexity index is 509. The second-order valence-electron chi connectivity index (χ2n) is 5.86. The lowest BCUT2D eigenvalue weighted by atomic mass is 10.2. The van der Waals surface area contributed by atoms with E-state index in [2.05, 4.69) is 0 Å². The largest absolute Gasteiger partial charge is 0.399 e. The van der Waals surface area contributed by atoms with E-state index in [1.165, 1.54) is 4.90 Å². The standard InChI is InChI=1S/C15H23N3O3/c1-15(2,3)21-10-14(20)18(9-13(17)19)8-11-5-4-6-12(16)7-11/h4-7H,8-10,16H2,1-3H3,(H2,17,19). The van der Waals surface area contributed by atoms with Gasteiger partial charge in [-0.25, -0.2) is 0 Å². The quantitative estimate of drug-likeness (QED) is 0.761. The van der Waals surface area contributed by atoms with Crippen LogP contribution in [0.3, 0.4) is 0 Å². The van der Waals surface area contributed by atoms with Crippen LogP contribution < -0.4 is 11.5 Å². The molecule has 6 heteroatoms. The molecule has 2 amide bonds. The molecule has 0 bridgehead atoms. The summed E-state index contributed by atoms with van der Waals surface area (Å²) < 4.78 is 5.45. The molecule has 0 aromatic heterocycles. The van der Waals surface area contributed by atoms with Crippen LogP contribution in [0.2, 0.25) is 0 Å². The van der Waals surface area contributed by atoms with Crippen molar-refractivity contribution in [2.45, 2.75) is 32.9 Å². The number of rotatable bonds is 6.